The fourth-order valence-electron chi connectivity index (χ4n) is 1.54. The summed E-state index contributed by atoms with van der Waals surface area (Å²) >= 11 is 5.35. The van der Waals surface area contributed by atoms with Gasteiger partial charge in [-0.25, -0.2) is 0 Å². The monoisotopic (exact) mass is 260 g/mol. The molecule has 3 heteroatoms. The number of hydrogen-bond donors (Lipinski definition) is 1. The molecule has 1 aliphatic rings. The van der Waals surface area contributed by atoms with E-state index in [1.54, 1.807) is 0 Å². The number of halogens is 1. The molecule has 13 heavy (non-hydrogen) atoms. The van der Waals surface area contributed by atoms with E-state index in [9.17, 15) is 5.11 Å². The molecule has 0 unspecified atom stereocenters. The van der Waals surface area contributed by atoms with Crippen molar-refractivity contribution >= 4 is 27.3 Å². The number of aryl methyl sites for hydroxylation is 1. The van der Waals surface area contributed by atoms with Crippen LogP contribution in [0.4, 0.5) is 0 Å². The quantitative estimate of drug-likeness (QED) is 0.886. The van der Waals surface area contributed by atoms with Crippen molar-refractivity contribution < 1.29 is 5.11 Å². The smallest absolute Gasteiger partial charge is 0.0490 e. The summed E-state index contributed by atoms with van der Waals surface area (Å²) in [5.74, 6) is 0. The SMILES string of the molecule is Cc1sc(CC2(CO)CC2)cc1Br. The van der Waals surface area contributed by atoms with Gasteiger partial charge in [0.25, 0.3) is 0 Å². The van der Waals surface area contributed by atoms with Gasteiger partial charge in [0.1, 0.15) is 0 Å². The molecule has 1 heterocycles. The molecule has 1 saturated carbocycles. The van der Waals surface area contributed by atoms with Crippen LogP contribution in [0.5, 0.6) is 0 Å². The van der Waals surface area contributed by atoms with E-state index in [1.807, 2.05) is 11.3 Å². The van der Waals surface area contributed by atoms with E-state index in [4.69, 9.17) is 0 Å². The molecule has 1 nitrogen and oxygen atoms in total. The van der Waals surface area contributed by atoms with Crippen molar-refractivity contribution in [1.82, 2.24) is 0 Å². The maximum Gasteiger partial charge on any atom is 0.0490 e. The second-order valence-electron chi connectivity index (χ2n) is 3.95. The Bertz CT molecular complexity index is 295. The van der Waals surface area contributed by atoms with Crippen LogP contribution in [0.1, 0.15) is 22.6 Å². The van der Waals surface area contributed by atoms with Gasteiger partial charge in [0, 0.05) is 20.8 Å². The molecule has 0 aromatic carbocycles. The predicted molar refractivity (Wildman–Crippen MR) is 59.2 cm³/mol. The highest BCUT2D eigenvalue weighted by Crippen LogP contribution is 2.49. The predicted octanol–water partition coefficient (Wildman–Crippen LogP) is 3.13. The largest absolute Gasteiger partial charge is 0.396 e. The van der Waals surface area contributed by atoms with Gasteiger partial charge in [0.2, 0.25) is 0 Å². The zero-order valence-corrected chi connectivity index (χ0v) is 10.0. The maximum absolute atomic E-state index is 9.19. The lowest BCUT2D eigenvalue weighted by atomic mass is 10.0. The Morgan fingerprint density at radius 2 is 2.31 bits per heavy atom. The number of thiophene rings is 1. The van der Waals surface area contributed by atoms with Gasteiger partial charge in [-0.2, -0.15) is 0 Å². The molecule has 0 radical (unpaired) electrons. The molecule has 0 aliphatic heterocycles. The van der Waals surface area contributed by atoms with Crippen LogP contribution in [0, 0.1) is 12.3 Å². The highest BCUT2D eigenvalue weighted by molar-refractivity contribution is 9.10. The lowest BCUT2D eigenvalue weighted by Gasteiger charge is -2.08. The van der Waals surface area contributed by atoms with Crippen LogP contribution in [0.25, 0.3) is 0 Å². The summed E-state index contributed by atoms with van der Waals surface area (Å²) in [4.78, 5) is 2.74. The third-order valence-corrected chi connectivity index (χ3v) is 4.89. The van der Waals surface area contributed by atoms with Gasteiger partial charge >= 0.3 is 0 Å². The molecule has 0 spiro atoms. The number of rotatable bonds is 3. The zero-order valence-electron chi connectivity index (χ0n) is 7.64. The van der Waals surface area contributed by atoms with Crippen molar-refractivity contribution in [3.05, 3.63) is 20.3 Å². The lowest BCUT2D eigenvalue weighted by molar-refractivity contribution is 0.212. The Morgan fingerprint density at radius 1 is 1.62 bits per heavy atom. The molecule has 1 aromatic rings. The first kappa shape index (κ1) is 9.69. The standard InChI is InChI=1S/C10H13BrOS/c1-7-9(11)4-8(13-7)5-10(6-12)2-3-10/h4,12H,2-3,5-6H2,1H3. The van der Waals surface area contributed by atoms with Gasteiger partial charge < -0.3 is 5.11 Å². The summed E-state index contributed by atoms with van der Waals surface area (Å²) in [5, 5.41) is 9.19. The summed E-state index contributed by atoms with van der Waals surface area (Å²) < 4.78 is 1.21. The molecule has 1 fully saturated rings. The fourth-order valence-corrected chi connectivity index (χ4v) is 3.32. The number of hydrogen-bond acceptors (Lipinski definition) is 2. The highest BCUT2D eigenvalue weighted by Gasteiger charge is 2.42. The van der Waals surface area contributed by atoms with Crippen LogP contribution in [0.2, 0.25) is 0 Å². The van der Waals surface area contributed by atoms with Gasteiger partial charge in [0.15, 0.2) is 0 Å². The molecule has 1 aromatic heterocycles. The highest BCUT2D eigenvalue weighted by atomic mass is 79.9. The van der Waals surface area contributed by atoms with E-state index in [1.165, 1.54) is 27.1 Å². The Hall–Kier alpha value is 0.140. The summed E-state index contributed by atoms with van der Waals surface area (Å²) in [7, 11) is 0. The Kier molecular flexibility index (Phi) is 2.51. The van der Waals surface area contributed by atoms with Crippen molar-refractivity contribution in [2.24, 2.45) is 5.41 Å². The summed E-state index contributed by atoms with van der Waals surface area (Å²) in [6.45, 7) is 2.47. The topological polar surface area (TPSA) is 20.2 Å². The van der Waals surface area contributed by atoms with Crippen molar-refractivity contribution in [3.63, 3.8) is 0 Å². The molecule has 1 aliphatic carbocycles. The van der Waals surface area contributed by atoms with E-state index in [-0.39, 0.29) is 5.41 Å². The lowest BCUT2D eigenvalue weighted by Crippen LogP contribution is -2.08. The summed E-state index contributed by atoms with van der Waals surface area (Å²) in [6, 6.07) is 2.19. The number of aliphatic hydroxyl groups is 1. The Labute approximate surface area is 90.9 Å². The van der Waals surface area contributed by atoms with E-state index in [0.29, 0.717) is 6.61 Å². The Morgan fingerprint density at radius 3 is 2.69 bits per heavy atom. The molecule has 2 rings (SSSR count). The van der Waals surface area contributed by atoms with Gasteiger partial charge in [-0.1, -0.05) is 0 Å². The molecular weight excluding hydrogens is 248 g/mol. The van der Waals surface area contributed by atoms with Crippen molar-refractivity contribution in [3.8, 4) is 0 Å². The fraction of sp³-hybridized carbons (Fsp3) is 0.600. The minimum atomic E-state index is 0.247. The van der Waals surface area contributed by atoms with E-state index in [0.717, 1.165) is 6.42 Å². The third-order valence-electron chi connectivity index (χ3n) is 2.75. The average Bonchev–Trinajstić information content (AvgIpc) is 2.78. The van der Waals surface area contributed by atoms with Crippen LogP contribution in [0.15, 0.2) is 10.5 Å². The first-order chi connectivity index (χ1) is 6.15. The maximum atomic E-state index is 9.19. The second kappa shape index (κ2) is 3.37. The van der Waals surface area contributed by atoms with Crippen molar-refractivity contribution in [2.75, 3.05) is 6.61 Å². The molecule has 0 amide bonds. The third kappa shape index (κ3) is 1.97. The van der Waals surface area contributed by atoms with Crippen LogP contribution < -0.4 is 0 Å². The van der Waals surface area contributed by atoms with Crippen molar-refractivity contribution in [2.45, 2.75) is 26.2 Å². The first-order valence-electron chi connectivity index (χ1n) is 4.51. The van der Waals surface area contributed by atoms with Crippen molar-refractivity contribution in [1.29, 1.82) is 0 Å². The number of aliphatic hydroxyl groups excluding tert-OH is 1. The minimum absolute atomic E-state index is 0.247. The van der Waals surface area contributed by atoms with Crippen LogP contribution in [-0.2, 0) is 6.42 Å². The summed E-state index contributed by atoms with van der Waals surface area (Å²) in [6.07, 6.45) is 3.44. The van der Waals surface area contributed by atoms with E-state index >= 15 is 0 Å². The normalized spacial score (nSPS) is 19.0. The molecular formula is C10H13BrOS. The summed E-state index contributed by atoms with van der Waals surface area (Å²) in [5.41, 5.74) is 0.247. The molecule has 72 valence electrons. The van der Waals surface area contributed by atoms with E-state index in [2.05, 4.69) is 28.9 Å². The Balaban J connectivity index is 2.10. The van der Waals surface area contributed by atoms with Crippen LogP contribution >= 0.6 is 27.3 Å². The minimum Gasteiger partial charge on any atom is -0.396 e. The molecule has 0 atom stereocenters. The van der Waals surface area contributed by atoms with Gasteiger partial charge in [0.05, 0.1) is 0 Å². The zero-order chi connectivity index (χ0) is 9.47. The molecule has 1 N–H and O–H groups in total. The second-order valence-corrected chi connectivity index (χ2v) is 6.15. The van der Waals surface area contributed by atoms with Crippen LogP contribution in [0.3, 0.4) is 0 Å². The van der Waals surface area contributed by atoms with E-state index < -0.39 is 0 Å². The average molecular weight is 261 g/mol. The molecule has 0 bridgehead atoms. The van der Waals surface area contributed by atoms with Gasteiger partial charge in [-0.15, -0.1) is 11.3 Å². The first-order valence-corrected chi connectivity index (χ1v) is 6.12. The molecule has 0 saturated heterocycles. The van der Waals surface area contributed by atoms with Gasteiger partial charge in [-0.05, 0) is 53.6 Å². The van der Waals surface area contributed by atoms with Crippen LogP contribution in [-0.4, -0.2) is 11.7 Å². The van der Waals surface area contributed by atoms with Gasteiger partial charge in [-0.3, -0.25) is 0 Å².